The molecule has 0 saturated carbocycles. The fraction of sp³-hybridized carbons (Fsp3) is 0.217. The van der Waals surface area contributed by atoms with Gasteiger partial charge in [-0.2, -0.15) is 46.8 Å². The molecule has 0 aromatic heterocycles. The van der Waals surface area contributed by atoms with Gasteiger partial charge in [0.25, 0.3) is 23.6 Å². The van der Waals surface area contributed by atoms with Crippen LogP contribution in [-0.2, 0) is 44.4 Å². The third-order valence-electron chi connectivity index (χ3n) is 9.96. The maximum Gasteiger partial charge on any atom is 0.417 e. The number of nitrogens with one attached hydrogen (secondary N) is 4. The Morgan fingerprint density at radius 3 is 1.16 bits per heavy atom. The lowest BCUT2D eigenvalue weighted by Gasteiger charge is -2.20. The van der Waals surface area contributed by atoms with Crippen LogP contribution in [0.5, 0.6) is 0 Å². The predicted molar refractivity (Wildman–Crippen MR) is 252 cm³/mol. The highest BCUT2D eigenvalue weighted by molar-refractivity contribution is 6.34. The monoisotopic (exact) mass is 1050 g/mol. The van der Waals surface area contributed by atoms with Crippen LogP contribution in [0.4, 0.5) is 60.5 Å². The number of carbonyl (C=O) groups excluding carboxylic acids is 6. The van der Waals surface area contributed by atoms with E-state index < -0.39 is 80.8 Å². The van der Waals surface area contributed by atoms with Gasteiger partial charge in [0, 0.05) is 33.9 Å². The van der Waals surface area contributed by atoms with Crippen LogP contribution < -0.4 is 21.3 Å². The Kier molecular flexibility index (Phi) is 17.6. The first-order valence-corrected chi connectivity index (χ1v) is 21.9. The number of azo groups is 2. The van der Waals surface area contributed by atoms with E-state index >= 15 is 0 Å². The summed E-state index contributed by atoms with van der Waals surface area (Å²) in [5.74, 6) is -5.03. The van der Waals surface area contributed by atoms with Gasteiger partial charge in [0.1, 0.15) is 11.4 Å². The van der Waals surface area contributed by atoms with Gasteiger partial charge in [0.15, 0.2) is 11.6 Å². The van der Waals surface area contributed by atoms with Crippen LogP contribution in [0.15, 0.2) is 105 Å². The molecular formula is C46H36Cl4F6N8O6. The lowest BCUT2D eigenvalue weighted by molar-refractivity contribution is -0.138. The van der Waals surface area contributed by atoms with Gasteiger partial charge < -0.3 is 21.3 Å². The van der Waals surface area contributed by atoms with Crippen molar-refractivity contribution in [1.29, 1.82) is 0 Å². The van der Waals surface area contributed by atoms with E-state index in [1.807, 2.05) is 0 Å². The van der Waals surface area contributed by atoms with Gasteiger partial charge in [-0.1, -0.05) is 60.3 Å². The molecule has 70 heavy (non-hydrogen) atoms. The Labute approximate surface area is 414 Å². The summed E-state index contributed by atoms with van der Waals surface area (Å²) < 4.78 is 80.2. The number of alkyl halides is 6. The van der Waals surface area contributed by atoms with Crippen LogP contribution in [0.2, 0.25) is 20.1 Å². The predicted octanol–water partition coefficient (Wildman–Crippen LogP) is 13.3. The zero-order valence-electron chi connectivity index (χ0n) is 36.7. The van der Waals surface area contributed by atoms with E-state index in [1.54, 1.807) is 13.8 Å². The maximum absolute atomic E-state index is 13.6. The molecule has 366 valence electrons. The van der Waals surface area contributed by atoms with Crippen molar-refractivity contribution in [1.82, 2.24) is 0 Å². The molecule has 0 spiro atoms. The molecule has 5 aromatic rings. The summed E-state index contributed by atoms with van der Waals surface area (Å²) in [4.78, 5) is 78.6. The van der Waals surface area contributed by atoms with Crippen LogP contribution in [-0.4, -0.2) is 47.3 Å². The quantitative estimate of drug-likeness (QED) is 0.0430. The van der Waals surface area contributed by atoms with Gasteiger partial charge in [0.2, 0.25) is 12.1 Å². The minimum absolute atomic E-state index is 0.0509. The highest BCUT2D eigenvalue weighted by atomic mass is 35.5. The van der Waals surface area contributed by atoms with Crippen molar-refractivity contribution >= 4 is 116 Å². The van der Waals surface area contributed by atoms with Crippen LogP contribution in [0.1, 0.15) is 70.7 Å². The normalized spacial score (nSPS) is 12.7. The average molecular weight is 1050 g/mol. The number of rotatable bonds is 16. The third kappa shape index (κ3) is 13.5. The van der Waals surface area contributed by atoms with Gasteiger partial charge in [0.05, 0.1) is 31.2 Å². The Bertz CT molecular complexity index is 2770. The second kappa shape index (κ2) is 22.8. The van der Waals surface area contributed by atoms with E-state index in [9.17, 15) is 55.1 Å². The molecule has 0 bridgehead atoms. The fourth-order valence-electron chi connectivity index (χ4n) is 6.52. The topological polar surface area (TPSA) is 200 Å². The first kappa shape index (κ1) is 54.2. The molecule has 4 amide bonds. The van der Waals surface area contributed by atoms with Gasteiger partial charge in [-0.05, 0) is 123 Å². The zero-order chi connectivity index (χ0) is 51.8. The minimum atomic E-state index is -4.79. The summed E-state index contributed by atoms with van der Waals surface area (Å²) in [5.41, 5.74) is -1.79. The second-order valence-corrected chi connectivity index (χ2v) is 16.5. The van der Waals surface area contributed by atoms with Crippen molar-refractivity contribution in [3.63, 3.8) is 0 Å². The van der Waals surface area contributed by atoms with E-state index in [-0.39, 0.29) is 68.1 Å². The summed E-state index contributed by atoms with van der Waals surface area (Å²) in [5, 5.41) is 24.4. The van der Waals surface area contributed by atoms with Crippen molar-refractivity contribution in [3.8, 4) is 0 Å². The standard InChI is InChI=1S/C46H36Cl4F6N8O6/c1-5-27-28(6-2)36(60-44(70)40(22(4)66)64-62-38-18-24(8-12-34(38)50)42(68)58-26-10-14-32(48)30(20-26)46(54,55)56)16-15-35(27)59-43(69)39(21(3)65)63-61-37-17-23(7-11-33(37)49)41(67)57-25-9-13-31(47)29(19-25)45(51,52)53/h7-20,39-40H,5-6H2,1-4H3,(H,57,67)(H,58,68)(H,59,69)(H,60,70). The third-order valence-corrected chi connectivity index (χ3v) is 11.3. The molecule has 2 unspecified atom stereocenters. The number of halogens is 10. The molecule has 0 aliphatic carbocycles. The van der Waals surface area contributed by atoms with E-state index in [1.165, 1.54) is 48.5 Å². The van der Waals surface area contributed by atoms with Crippen LogP contribution in [0, 0.1) is 0 Å². The highest BCUT2D eigenvalue weighted by Crippen LogP contribution is 2.38. The summed E-state index contributed by atoms with van der Waals surface area (Å²) in [7, 11) is 0. The number of Topliss-reactive ketones (excluding diaryl/α,β-unsaturated/α-hetero) is 2. The molecule has 0 fully saturated rings. The van der Waals surface area contributed by atoms with Crippen molar-refractivity contribution in [2.75, 3.05) is 21.3 Å². The lowest BCUT2D eigenvalue weighted by Crippen LogP contribution is -2.33. The van der Waals surface area contributed by atoms with Crippen molar-refractivity contribution in [2.24, 2.45) is 20.5 Å². The number of nitrogens with zero attached hydrogens (tertiary/aromatic N) is 4. The van der Waals surface area contributed by atoms with Crippen LogP contribution in [0.3, 0.4) is 0 Å². The van der Waals surface area contributed by atoms with E-state index in [0.29, 0.717) is 23.3 Å². The number of benzene rings is 5. The Morgan fingerprint density at radius 2 is 0.843 bits per heavy atom. The molecule has 0 radical (unpaired) electrons. The molecule has 0 heterocycles. The van der Waals surface area contributed by atoms with E-state index in [4.69, 9.17) is 46.4 Å². The van der Waals surface area contributed by atoms with Gasteiger partial charge in [-0.25, -0.2) is 0 Å². The second-order valence-electron chi connectivity index (χ2n) is 14.9. The van der Waals surface area contributed by atoms with E-state index in [2.05, 4.69) is 41.7 Å². The molecule has 0 saturated heterocycles. The number of amides is 4. The number of ketones is 2. The Hall–Kier alpha value is -6.74. The van der Waals surface area contributed by atoms with Crippen molar-refractivity contribution < 1.29 is 55.1 Å². The minimum Gasteiger partial charge on any atom is -0.323 e. The maximum atomic E-state index is 13.6. The van der Waals surface area contributed by atoms with Gasteiger partial charge in [-0.3, -0.25) is 28.8 Å². The summed E-state index contributed by atoms with van der Waals surface area (Å²) in [6, 6.07) is 12.3. The SMILES string of the molecule is CCc1c(NC(=O)C(N=Nc2cc(C(=O)Nc3ccc(Cl)c(C(F)(F)F)c3)ccc2Cl)C(C)=O)ccc(NC(=O)C(N=Nc2cc(C(=O)Nc3ccc(Cl)c(C(F)(F)F)c3)ccc2Cl)C(C)=O)c1CC. The molecule has 4 N–H and O–H groups in total. The molecule has 0 aliphatic rings. The Balaban J connectivity index is 1.31. The molecule has 24 heteroatoms. The average Bonchev–Trinajstić information content (AvgIpc) is 3.28. The first-order valence-electron chi connectivity index (χ1n) is 20.4. The number of anilines is 4. The number of hydrogen-bond acceptors (Lipinski definition) is 10. The summed E-state index contributed by atoms with van der Waals surface area (Å²) >= 11 is 23.9. The smallest absolute Gasteiger partial charge is 0.323 e. The fourth-order valence-corrected chi connectivity index (χ4v) is 7.28. The van der Waals surface area contributed by atoms with Crippen LogP contribution in [0.25, 0.3) is 0 Å². The zero-order valence-corrected chi connectivity index (χ0v) is 39.7. The number of carbonyl (C=O) groups is 6. The molecular weight excluding hydrogens is 1020 g/mol. The van der Waals surface area contributed by atoms with Gasteiger partial charge in [-0.15, -0.1) is 0 Å². The molecule has 2 atom stereocenters. The van der Waals surface area contributed by atoms with Crippen molar-refractivity contribution in [3.05, 3.63) is 138 Å². The number of hydrogen-bond donors (Lipinski definition) is 4. The largest absolute Gasteiger partial charge is 0.417 e. The molecule has 5 rings (SSSR count). The first-order chi connectivity index (χ1) is 32.8. The van der Waals surface area contributed by atoms with Crippen LogP contribution >= 0.6 is 46.4 Å². The molecule has 14 nitrogen and oxygen atoms in total. The van der Waals surface area contributed by atoms with E-state index in [0.717, 1.165) is 38.1 Å². The van der Waals surface area contributed by atoms with Crippen molar-refractivity contribution in [2.45, 2.75) is 65.0 Å². The molecule has 0 aliphatic heterocycles. The summed E-state index contributed by atoms with van der Waals surface area (Å²) in [6.45, 7) is 5.67. The van der Waals surface area contributed by atoms with Gasteiger partial charge >= 0.3 is 12.4 Å². The highest BCUT2D eigenvalue weighted by Gasteiger charge is 2.35. The molecule has 5 aromatic carbocycles. The lowest BCUT2D eigenvalue weighted by atomic mass is 9.98. The summed E-state index contributed by atoms with van der Waals surface area (Å²) in [6.07, 6.45) is -9.01. The Morgan fingerprint density at radius 1 is 0.500 bits per heavy atom.